The van der Waals surface area contributed by atoms with Gasteiger partial charge in [0.2, 0.25) is 0 Å². The van der Waals surface area contributed by atoms with Crippen molar-refractivity contribution in [2.75, 3.05) is 45.2 Å². The molecule has 1 aromatic heterocycles. The molecule has 1 aliphatic heterocycles. The van der Waals surface area contributed by atoms with Crippen LogP contribution in [0, 0.1) is 20.8 Å². The molecule has 0 saturated carbocycles. The zero-order chi connectivity index (χ0) is 22.7. The minimum atomic E-state index is 0.0782. The summed E-state index contributed by atoms with van der Waals surface area (Å²) in [5.74, 6) is 2.29. The average molecular weight is 424 g/mol. The van der Waals surface area contributed by atoms with Crippen molar-refractivity contribution in [3.05, 3.63) is 52.0 Å². The lowest BCUT2D eigenvalue weighted by molar-refractivity contribution is 0.168. The van der Waals surface area contributed by atoms with Crippen LogP contribution in [0.5, 0.6) is 0 Å². The van der Waals surface area contributed by atoms with Crippen molar-refractivity contribution in [1.29, 1.82) is 0 Å². The zero-order valence-corrected chi connectivity index (χ0v) is 20.2. The Bertz CT molecular complexity index is 932. The van der Waals surface area contributed by atoms with Crippen LogP contribution >= 0.6 is 0 Å². The standard InChI is InChI=1S/C25H37N5O/c1-8-18(3)23-26-20(5)22(16-21-15-17(2)9-10-19(21)4)24(27-23)29-11-13-30(14-12-29)25(31)28(6)7/h9-10,15,18H,8,11-14,16H2,1-7H3/t18-/m0/s1. The van der Waals surface area contributed by atoms with Crippen molar-refractivity contribution in [2.24, 2.45) is 0 Å². The minimum absolute atomic E-state index is 0.0782. The number of piperazine rings is 1. The number of nitrogens with zero attached hydrogens (tertiary/aromatic N) is 5. The highest BCUT2D eigenvalue weighted by molar-refractivity contribution is 5.74. The van der Waals surface area contributed by atoms with Gasteiger partial charge >= 0.3 is 6.03 Å². The van der Waals surface area contributed by atoms with Crippen LogP contribution in [0.2, 0.25) is 0 Å². The van der Waals surface area contributed by atoms with Crippen LogP contribution < -0.4 is 4.90 Å². The molecule has 6 nitrogen and oxygen atoms in total. The highest BCUT2D eigenvalue weighted by atomic mass is 16.2. The van der Waals surface area contributed by atoms with Gasteiger partial charge in [-0.2, -0.15) is 0 Å². The number of rotatable bonds is 5. The summed E-state index contributed by atoms with van der Waals surface area (Å²) in [6.45, 7) is 13.8. The quantitative estimate of drug-likeness (QED) is 0.719. The second-order valence-electron chi connectivity index (χ2n) is 9.04. The molecule has 168 valence electrons. The first-order chi connectivity index (χ1) is 14.7. The molecule has 0 aliphatic carbocycles. The number of carbonyl (C=O) groups is 1. The molecule has 1 atom stereocenters. The number of carbonyl (C=O) groups excluding carboxylic acids is 1. The highest BCUT2D eigenvalue weighted by Gasteiger charge is 2.26. The van der Waals surface area contributed by atoms with Crippen LogP contribution in [0.1, 0.15) is 60.0 Å². The first kappa shape index (κ1) is 23.0. The Morgan fingerprint density at radius 3 is 2.39 bits per heavy atom. The molecule has 0 bridgehead atoms. The second kappa shape index (κ2) is 9.67. The van der Waals surface area contributed by atoms with Gasteiger partial charge in [-0.25, -0.2) is 14.8 Å². The molecule has 1 fully saturated rings. The van der Waals surface area contributed by atoms with Crippen molar-refractivity contribution >= 4 is 11.8 Å². The van der Waals surface area contributed by atoms with Crippen molar-refractivity contribution in [2.45, 2.75) is 53.4 Å². The molecule has 31 heavy (non-hydrogen) atoms. The molecule has 2 aromatic rings. The fourth-order valence-corrected chi connectivity index (χ4v) is 4.05. The van der Waals surface area contributed by atoms with Gasteiger partial charge in [-0.05, 0) is 38.3 Å². The fraction of sp³-hybridized carbons (Fsp3) is 0.560. The van der Waals surface area contributed by atoms with Crippen molar-refractivity contribution in [3.63, 3.8) is 0 Å². The summed E-state index contributed by atoms with van der Waals surface area (Å²) in [7, 11) is 3.62. The summed E-state index contributed by atoms with van der Waals surface area (Å²) in [6.07, 6.45) is 1.84. The van der Waals surface area contributed by atoms with Crippen LogP contribution in [-0.2, 0) is 6.42 Å². The predicted octanol–water partition coefficient (Wildman–Crippen LogP) is 4.31. The van der Waals surface area contributed by atoms with Gasteiger partial charge in [-0.3, -0.25) is 0 Å². The Kier molecular flexibility index (Phi) is 7.19. The van der Waals surface area contributed by atoms with E-state index >= 15 is 0 Å². The molecule has 1 aromatic carbocycles. The van der Waals surface area contributed by atoms with Gasteiger partial charge in [-0.15, -0.1) is 0 Å². The maximum Gasteiger partial charge on any atom is 0.319 e. The van der Waals surface area contributed by atoms with E-state index in [-0.39, 0.29) is 6.03 Å². The number of aryl methyl sites for hydroxylation is 3. The number of benzene rings is 1. The van der Waals surface area contributed by atoms with E-state index in [1.807, 2.05) is 19.0 Å². The van der Waals surface area contributed by atoms with E-state index in [1.54, 1.807) is 4.90 Å². The number of aromatic nitrogens is 2. The lowest BCUT2D eigenvalue weighted by Crippen LogP contribution is -2.52. The van der Waals surface area contributed by atoms with Crippen molar-refractivity contribution < 1.29 is 4.79 Å². The monoisotopic (exact) mass is 423 g/mol. The Labute approximate surface area is 187 Å². The zero-order valence-electron chi connectivity index (χ0n) is 20.2. The Morgan fingerprint density at radius 1 is 1.10 bits per heavy atom. The molecule has 0 radical (unpaired) electrons. The Hall–Kier alpha value is -2.63. The number of hydrogen-bond donors (Lipinski definition) is 0. The van der Waals surface area contributed by atoms with Gasteiger partial charge in [0.15, 0.2) is 0 Å². The smallest absolute Gasteiger partial charge is 0.319 e. The van der Waals surface area contributed by atoms with E-state index in [0.717, 1.165) is 43.3 Å². The van der Waals surface area contributed by atoms with Gasteiger partial charge in [-0.1, -0.05) is 37.6 Å². The molecule has 2 amide bonds. The molecule has 0 spiro atoms. The summed E-state index contributed by atoms with van der Waals surface area (Å²) in [6, 6.07) is 6.71. The summed E-state index contributed by atoms with van der Waals surface area (Å²) >= 11 is 0. The third-order valence-electron chi connectivity index (χ3n) is 6.37. The molecule has 3 rings (SSSR count). The van der Waals surface area contributed by atoms with Gasteiger partial charge in [0.1, 0.15) is 11.6 Å². The maximum atomic E-state index is 12.4. The van der Waals surface area contributed by atoms with Crippen LogP contribution in [0.15, 0.2) is 18.2 Å². The van der Waals surface area contributed by atoms with E-state index in [2.05, 4.69) is 57.7 Å². The first-order valence-corrected chi connectivity index (χ1v) is 11.4. The summed E-state index contributed by atoms with van der Waals surface area (Å²) in [5.41, 5.74) is 6.16. The van der Waals surface area contributed by atoms with Crippen LogP contribution in [0.3, 0.4) is 0 Å². The Morgan fingerprint density at radius 2 is 1.77 bits per heavy atom. The van der Waals surface area contributed by atoms with E-state index < -0.39 is 0 Å². The molecule has 0 N–H and O–H groups in total. The third-order valence-corrected chi connectivity index (χ3v) is 6.37. The number of urea groups is 1. The van der Waals surface area contributed by atoms with E-state index in [0.29, 0.717) is 19.0 Å². The third kappa shape index (κ3) is 5.17. The van der Waals surface area contributed by atoms with Gasteiger partial charge in [0.05, 0.1) is 0 Å². The molecule has 6 heteroatoms. The molecule has 0 unspecified atom stereocenters. The Balaban J connectivity index is 1.96. The normalized spacial score (nSPS) is 15.2. The van der Waals surface area contributed by atoms with Crippen molar-refractivity contribution in [1.82, 2.24) is 19.8 Å². The lowest BCUT2D eigenvalue weighted by Gasteiger charge is -2.37. The molecular formula is C25H37N5O. The van der Waals surface area contributed by atoms with Crippen LogP contribution in [0.25, 0.3) is 0 Å². The molecule has 2 heterocycles. The number of hydrogen-bond acceptors (Lipinski definition) is 4. The molecule has 1 aliphatic rings. The molecule has 1 saturated heterocycles. The number of anilines is 1. The van der Waals surface area contributed by atoms with Crippen molar-refractivity contribution in [3.8, 4) is 0 Å². The molecular weight excluding hydrogens is 386 g/mol. The lowest BCUT2D eigenvalue weighted by atomic mass is 9.97. The average Bonchev–Trinajstić information content (AvgIpc) is 2.76. The van der Waals surface area contributed by atoms with E-state index in [1.165, 1.54) is 22.3 Å². The summed E-state index contributed by atoms with van der Waals surface area (Å²) in [4.78, 5) is 28.3. The van der Waals surface area contributed by atoms with E-state index in [9.17, 15) is 4.79 Å². The maximum absolute atomic E-state index is 12.4. The van der Waals surface area contributed by atoms with Crippen LogP contribution in [-0.4, -0.2) is 66.1 Å². The minimum Gasteiger partial charge on any atom is -0.353 e. The predicted molar refractivity (Wildman–Crippen MR) is 127 cm³/mol. The topological polar surface area (TPSA) is 52.6 Å². The van der Waals surface area contributed by atoms with Crippen LogP contribution in [0.4, 0.5) is 10.6 Å². The highest BCUT2D eigenvalue weighted by Crippen LogP contribution is 2.29. The van der Waals surface area contributed by atoms with E-state index in [4.69, 9.17) is 9.97 Å². The van der Waals surface area contributed by atoms with Gasteiger partial charge < -0.3 is 14.7 Å². The van der Waals surface area contributed by atoms with Gasteiger partial charge in [0, 0.05) is 63.9 Å². The fourth-order valence-electron chi connectivity index (χ4n) is 4.05. The largest absolute Gasteiger partial charge is 0.353 e. The van der Waals surface area contributed by atoms with Gasteiger partial charge in [0.25, 0.3) is 0 Å². The first-order valence-electron chi connectivity index (χ1n) is 11.4. The number of amides is 2. The summed E-state index contributed by atoms with van der Waals surface area (Å²) in [5, 5.41) is 0. The summed E-state index contributed by atoms with van der Waals surface area (Å²) < 4.78 is 0. The SMILES string of the molecule is CC[C@H](C)c1nc(C)c(Cc2cc(C)ccc2C)c(N2CCN(C(=O)N(C)C)CC2)n1. The second-order valence-corrected chi connectivity index (χ2v) is 9.04.